The van der Waals surface area contributed by atoms with Gasteiger partial charge in [-0.2, -0.15) is 43.2 Å². The van der Waals surface area contributed by atoms with Gasteiger partial charge in [-0.3, -0.25) is 0 Å². The van der Waals surface area contributed by atoms with Crippen molar-refractivity contribution in [2.75, 3.05) is 0 Å². The molecule has 0 spiro atoms. The van der Waals surface area contributed by atoms with Gasteiger partial charge in [0.2, 0.25) is 0 Å². The zero-order valence-corrected chi connectivity index (χ0v) is 37.7. The first kappa shape index (κ1) is 46.8. The Balaban J connectivity index is 0.000000142. The number of phenolic OH excluding ortho intramolecular Hbond substituents is 1. The summed E-state index contributed by atoms with van der Waals surface area (Å²) in [6.07, 6.45) is 0. The van der Waals surface area contributed by atoms with Crippen LogP contribution in [0.2, 0.25) is 0 Å². The largest absolute Gasteiger partial charge is 0.524 e. The molecule has 340 valence electrons. The smallest absolute Gasteiger partial charge is 0.508 e. The molecular formula is C49H32F6N2O6S4. The molecule has 0 atom stereocenters. The molecule has 0 unspecified atom stereocenters. The van der Waals surface area contributed by atoms with Crippen molar-refractivity contribution in [1.82, 2.24) is 9.97 Å². The second kappa shape index (κ2) is 18.5. The molecule has 0 aliphatic heterocycles. The Morgan fingerprint density at radius 1 is 0.463 bits per heavy atom. The summed E-state index contributed by atoms with van der Waals surface area (Å²) in [4.78, 5) is 9.85. The van der Waals surface area contributed by atoms with Crippen LogP contribution >= 0.6 is 22.7 Å². The van der Waals surface area contributed by atoms with Crippen molar-refractivity contribution < 1.29 is 51.9 Å². The number of thiophene rings is 2. The van der Waals surface area contributed by atoms with Crippen LogP contribution in [0, 0.1) is 6.92 Å². The molecule has 1 N–H and O–H groups in total. The molecule has 0 aliphatic carbocycles. The van der Waals surface area contributed by atoms with E-state index in [1.54, 1.807) is 12.1 Å². The standard InChI is InChI=1S/C24H17NS.C23H15NOS.C2F6O5S2/c1-16-7-4-8-17(15-16)21-12-6-13-22(25-21)20-11-5-10-19-18-9-2-3-14-23(18)26-24(19)20;25-16-7-3-6-15(14-16)20-11-5-12-21(24-20)19-10-4-9-18-17-8-1-2-13-22(17)26-23(18)19;3-1(4,5)14(9,10)13-15(11,12)2(6,7)8/h2-15H,1H3;1-14,25H;. The number of hydrogen-bond donors (Lipinski definition) is 1. The number of hydrogen-bond acceptors (Lipinski definition) is 10. The maximum Gasteiger partial charge on any atom is 0.524 e. The third-order valence-corrected chi connectivity index (χ3v) is 15.1. The lowest BCUT2D eigenvalue weighted by Crippen LogP contribution is -2.34. The molecule has 0 amide bonds. The second-order valence-corrected chi connectivity index (χ2v) is 20.1. The van der Waals surface area contributed by atoms with Gasteiger partial charge in [0.05, 0.1) is 22.8 Å². The van der Waals surface area contributed by atoms with Gasteiger partial charge in [0, 0.05) is 62.6 Å². The number of rotatable bonds is 6. The number of nitrogens with zero attached hydrogens (tertiary/aromatic N) is 2. The number of benzene rings is 6. The summed E-state index contributed by atoms with van der Waals surface area (Å²) < 4.78 is 115. The SMILES string of the molecule is Cc1cccc(-c2cccc(-c3cccc4c3sc3ccccc34)n2)c1.O=S(=O)(OS(=O)(=O)C(F)(F)F)C(F)(F)F.Oc1cccc(-c2cccc(-c3cccc4c3sc3ccccc34)n2)c1. The van der Waals surface area contributed by atoms with Crippen LogP contribution in [-0.4, -0.2) is 42.9 Å². The van der Waals surface area contributed by atoms with Gasteiger partial charge >= 0.3 is 31.3 Å². The number of phenols is 1. The number of aromatic hydroxyl groups is 1. The van der Waals surface area contributed by atoms with Gasteiger partial charge in [0.15, 0.2) is 0 Å². The molecule has 0 bridgehead atoms. The van der Waals surface area contributed by atoms with Crippen LogP contribution in [0.4, 0.5) is 26.3 Å². The predicted octanol–water partition coefficient (Wildman–Crippen LogP) is 14.3. The summed E-state index contributed by atoms with van der Waals surface area (Å²) >= 11 is 3.65. The Hall–Kier alpha value is -6.70. The number of alkyl halides is 6. The van der Waals surface area contributed by atoms with E-state index in [1.165, 1.54) is 51.5 Å². The number of aromatic nitrogens is 2. The molecule has 67 heavy (non-hydrogen) atoms. The summed E-state index contributed by atoms with van der Waals surface area (Å²) in [5, 5.41) is 15.0. The van der Waals surface area contributed by atoms with E-state index in [-0.39, 0.29) is 5.75 Å². The first-order valence-electron chi connectivity index (χ1n) is 19.8. The maximum atomic E-state index is 11.4. The third kappa shape index (κ3) is 10.0. The molecule has 0 saturated heterocycles. The van der Waals surface area contributed by atoms with E-state index in [4.69, 9.17) is 9.97 Å². The summed E-state index contributed by atoms with van der Waals surface area (Å²) in [5.74, 6) is 0.251. The van der Waals surface area contributed by atoms with Crippen LogP contribution in [0.5, 0.6) is 5.75 Å². The summed E-state index contributed by atoms with van der Waals surface area (Å²) in [6.45, 7) is 2.12. The Bertz CT molecular complexity index is 3440. The van der Waals surface area contributed by atoms with Crippen LogP contribution in [0.1, 0.15) is 5.56 Å². The first-order chi connectivity index (χ1) is 31.8. The van der Waals surface area contributed by atoms with E-state index in [1.807, 2.05) is 56.6 Å². The third-order valence-electron chi connectivity index (χ3n) is 10.1. The van der Waals surface area contributed by atoms with E-state index in [2.05, 4.69) is 134 Å². The van der Waals surface area contributed by atoms with Gasteiger partial charge in [-0.1, -0.05) is 121 Å². The lowest BCUT2D eigenvalue weighted by molar-refractivity contribution is -0.0585. The molecule has 18 heteroatoms. The normalized spacial score (nSPS) is 12.2. The maximum absolute atomic E-state index is 11.4. The van der Waals surface area contributed by atoms with Crippen LogP contribution < -0.4 is 0 Å². The minimum atomic E-state index is -6.85. The van der Waals surface area contributed by atoms with Crippen LogP contribution in [0.15, 0.2) is 170 Å². The highest BCUT2D eigenvalue weighted by Gasteiger charge is 2.57. The van der Waals surface area contributed by atoms with Crippen LogP contribution in [0.3, 0.4) is 0 Å². The number of fused-ring (bicyclic) bond motifs is 6. The average molecular weight is 987 g/mol. The van der Waals surface area contributed by atoms with Gasteiger partial charge < -0.3 is 5.11 Å². The molecule has 4 aromatic heterocycles. The lowest BCUT2D eigenvalue weighted by Gasteiger charge is -2.09. The molecule has 10 rings (SSSR count). The van der Waals surface area contributed by atoms with Gasteiger partial charge in [-0.25, -0.2) is 9.97 Å². The van der Waals surface area contributed by atoms with Gasteiger partial charge in [-0.05, 0) is 61.5 Å². The monoisotopic (exact) mass is 986 g/mol. The van der Waals surface area contributed by atoms with E-state index in [0.717, 1.165) is 39.5 Å². The van der Waals surface area contributed by atoms with Crippen molar-refractivity contribution in [3.8, 4) is 50.8 Å². The minimum Gasteiger partial charge on any atom is -0.508 e. The van der Waals surface area contributed by atoms with E-state index < -0.39 is 31.3 Å². The fourth-order valence-corrected chi connectivity index (χ4v) is 11.1. The molecule has 8 nitrogen and oxygen atoms in total. The zero-order chi connectivity index (χ0) is 47.7. The summed E-state index contributed by atoms with van der Waals surface area (Å²) in [6, 6.07) is 58.1. The first-order valence-corrected chi connectivity index (χ1v) is 24.2. The van der Waals surface area contributed by atoms with Crippen molar-refractivity contribution in [1.29, 1.82) is 0 Å². The lowest BCUT2D eigenvalue weighted by atomic mass is 10.0. The highest BCUT2D eigenvalue weighted by molar-refractivity contribution is 8.00. The van der Waals surface area contributed by atoms with Crippen molar-refractivity contribution in [3.05, 3.63) is 175 Å². The molecule has 0 saturated carbocycles. The average Bonchev–Trinajstić information content (AvgIpc) is 3.87. The molecule has 10 aromatic rings. The Kier molecular flexibility index (Phi) is 12.9. The summed E-state index contributed by atoms with van der Waals surface area (Å²) in [5.41, 5.74) is -2.99. The Morgan fingerprint density at radius 3 is 1.30 bits per heavy atom. The van der Waals surface area contributed by atoms with E-state index in [9.17, 15) is 48.3 Å². The molecule has 0 fully saturated rings. The number of pyridine rings is 2. The highest BCUT2D eigenvalue weighted by atomic mass is 32.3. The van der Waals surface area contributed by atoms with Gasteiger partial charge in [-0.15, -0.1) is 26.3 Å². The van der Waals surface area contributed by atoms with Crippen molar-refractivity contribution >= 4 is 83.3 Å². The van der Waals surface area contributed by atoms with Crippen molar-refractivity contribution in [3.63, 3.8) is 0 Å². The fourth-order valence-electron chi connectivity index (χ4n) is 7.05. The fraction of sp³-hybridized carbons (Fsp3) is 0.0612. The van der Waals surface area contributed by atoms with E-state index >= 15 is 0 Å². The predicted molar refractivity (Wildman–Crippen MR) is 253 cm³/mol. The molecule has 0 radical (unpaired) electrons. The highest BCUT2D eigenvalue weighted by Crippen LogP contribution is 2.41. The Morgan fingerprint density at radius 2 is 0.851 bits per heavy atom. The molecule has 0 aliphatic rings. The van der Waals surface area contributed by atoms with Crippen LogP contribution in [-0.2, 0) is 23.9 Å². The number of halogens is 6. The van der Waals surface area contributed by atoms with Crippen LogP contribution in [0.25, 0.3) is 85.4 Å². The topological polar surface area (TPSA) is 124 Å². The van der Waals surface area contributed by atoms with Gasteiger partial charge in [0.25, 0.3) is 0 Å². The van der Waals surface area contributed by atoms with Crippen molar-refractivity contribution in [2.24, 2.45) is 0 Å². The Labute approximate surface area is 387 Å². The number of aryl methyl sites for hydroxylation is 1. The summed E-state index contributed by atoms with van der Waals surface area (Å²) in [7, 11) is -13.7. The minimum absolute atomic E-state index is 0.251. The quantitative estimate of drug-likeness (QED) is 0.129. The van der Waals surface area contributed by atoms with E-state index in [0.29, 0.717) is 0 Å². The zero-order valence-electron chi connectivity index (χ0n) is 34.4. The molecule has 6 aromatic carbocycles. The second-order valence-electron chi connectivity index (χ2n) is 14.7. The van der Waals surface area contributed by atoms with Gasteiger partial charge in [0.1, 0.15) is 5.75 Å². The molecule has 4 heterocycles. The van der Waals surface area contributed by atoms with Crippen molar-refractivity contribution in [2.45, 2.75) is 17.9 Å². The molecular weight excluding hydrogens is 955 g/mol.